The van der Waals surface area contributed by atoms with Crippen LogP contribution in [0.2, 0.25) is 0 Å². The SMILES string of the molecule is CCCCNC(=O)C(Cc1ccccc1)N(Cc1cccc(OC)c1)C(=O)CCCN(c1ccc2c(c1)OCCO2)S(C)(=O)=O. The molecule has 1 N–H and O–H groups in total. The van der Waals surface area contributed by atoms with Crippen molar-refractivity contribution in [2.45, 2.75) is 51.6 Å². The number of hydrogen-bond donors (Lipinski definition) is 1. The number of anilines is 1. The number of nitrogens with zero attached hydrogens (tertiary/aromatic N) is 2. The molecule has 4 rings (SSSR count). The van der Waals surface area contributed by atoms with Crippen LogP contribution in [0.15, 0.2) is 72.8 Å². The van der Waals surface area contributed by atoms with Crippen molar-refractivity contribution in [2.75, 3.05) is 44.0 Å². The molecule has 11 heteroatoms. The van der Waals surface area contributed by atoms with E-state index in [1.807, 2.05) is 54.6 Å². The average molecular weight is 638 g/mol. The molecule has 0 fully saturated rings. The van der Waals surface area contributed by atoms with Crippen molar-refractivity contribution in [1.82, 2.24) is 10.2 Å². The Hall–Kier alpha value is -4.25. The molecule has 0 aromatic heterocycles. The van der Waals surface area contributed by atoms with E-state index in [1.165, 1.54) is 4.31 Å². The number of carbonyl (C=O) groups is 2. The number of ether oxygens (including phenoxy) is 3. The molecule has 0 bridgehead atoms. The van der Waals surface area contributed by atoms with Crippen LogP contribution in [0.1, 0.15) is 43.7 Å². The quantitative estimate of drug-likeness (QED) is 0.229. The largest absolute Gasteiger partial charge is 0.497 e. The minimum atomic E-state index is -3.67. The molecule has 2 amide bonds. The summed E-state index contributed by atoms with van der Waals surface area (Å²) in [7, 11) is -2.09. The second-order valence-corrected chi connectivity index (χ2v) is 12.9. The van der Waals surface area contributed by atoms with Crippen LogP contribution < -0.4 is 23.8 Å². The third-order valence-electron chi connectivity index (χ3n) is 7.55. The Morgan fingerprint density at radius 3 is 2.38 bits per heavy atom. The van der Waals surface area contributed by atoms with E-state index in [0.717, 1.165) is 30.2 Å². The molecule has 1 aliphatic heterocycles. The summed E-state index contributed by atoms with van der Waals surface area (Å²) < 4.78 is 43.6. The molecule has 1 aliphatic rings. The highest BCUT2D eigenvalue weighted by Gasteiger charge is 2.30. The minimum Gasteiger partial charge on any atom is -0.497 e. The van der Waals surface area contributed by atoms with Crippen molar-refractivity contribution in [1.29, 1.82) is 0 Å². The van der Waals surface area contributed by atoms with Crippen molar-refractivity contribution in [2.24, 2.45) is 0 Å². The van der Waals surface area contributed by atoms with Crippen molar-refractivity contribution < 1.29 is 32.2 Å². The van der Waals surface area contributed by atoms with Gasteiger partial charge in [-0.05, 0) is 48.2 Å². The summed E-state index contributed by atoms with van der Waals surface area (Å²) in [5.74, 6) is 1.21. The number of carbonyl (C=O) groups excluding carboxylic acids is 2. The van der Waals surface area contributed by atoms with Crippen LogP contribution >= 0.6 is 0 Å². The van der Waals surface area contributed by atoms with E-state index in [1.54, 1.807) is 30.2 Å². The number of amides is 2. The van der Waals surface area contributed by atoms with E-state index in [0.29, 0.717) is 49.1 Å². The Morgan fingerprint density at radius 2 is 1.67 bits per heavy atom. The van der Waals surface area contributed by atoms with E-state index in [-0.39, 0.29) is 37.7 Å². The summed E-state index contributed by atoms with van der Waals surface area (Å²) in [6.45, 7) is 3.63. The smallest absolute Gasteiger partial charge is 0.243 e. The second kappa shape index (κ2) is 16.2. The highest BCUT2D eigenvalue weighted by molar-refractivity contribution is 7.92. The zero-order valence-electron chi connectivity index (χ0n) is 26.2. The molecule has 0 saturated carbocycles. The standard InChI is InChI=1S/C34H43N3O7S/c1-4-5-18-35-34(39)30(23-26-11-7-6-8-12-26)36(25-27-13-9-14-29(22-27)42-2)33(38)15-10-19-37(45(3,40)41)28-16-17-31-32(24-28)44-21-20-43-31/h6-9,11-14,16-17,22,24,30H,4-5,10,15,18-21,23,25H2,1-3H3,(H,35,39). The number of sulfonamides is 1. The lowest BCUT2D eigenvalue weighted by atomic mass is 10.0. The fourth-order valence-corrected chi connectivity index (χ4v) is 6.18. The number of fused-ring (bicyclic) bond motifs is 1. The second-order valence-electron chi connectivity index (χ2n) is 11.0. The van der Waals surface area contributed by atoms with Crippen molar-refractivity contribution in [3.05, 3.63) is 83.9 Å². The molecule has 1 heterocycles. The monoisotopic (exact) mass is 637 g/mol. The lowest BCUT2D eigenvalue weighted by Crippen LogP contribution is -2.50. The highest BCUT2D eigenvalue weighted by atomic mass is 32.2. The predicted octanol–water partition coefficient (Wildman–Crippen LogP) is 4.57. The number of methoxy groups -OCH3 is 1. The first-order valence-electron chi connectivity index (χ1n) is 15.3. The van der Waals surface area contributed by atoms with E-state index < -0.39 is 16.1 Å². The maximum atomic E-state index is 14.0. The number of benzene rings is 3. The Balaban J connectivity index is 1.58. The van der Waals surface area contributed by atoms with Gasteiger partial charge in [0.15, 0.2) is 11.5 Å². The average Bonchev–Trinajstić information content (AvgIpc) is 3.04. The molecule has 0 aliphatic carbocycles. The maximum absolute atomic E-state index is 14.0. The topological polar surface area (TPSA) is 114 Å². The lowest BCUT2D eigenvalue weighted by molar-refractivity contribution is -0.141. The molecule has 0 radical (unpaired) electrons. The molecule has 1 atom stereocenters. The summed E-state index contributed by atoms with van der Waals surface area (Å²) in [6.07, 6.45) is 3.50. The van der Waals surface area contributed by atoms with E-state index >= 15 is 0 Å². The van der Waals surface area contributed by atoms with E-state index in [4.69, 9.17) is 14.2 Å². The molecule has 242 valence electrons. The molecule has 0 spiro atoms. The van der Waals surface area contributed by atoms with Crippen molar-refractivity contribution in [3.8, 4) is 17.2 Å². The van der Waals surface area contributed by atoms with Gasteiger partial charge in [-0.25, -0.2) is 8.42 Å². The van der Waals surface area contributed by atoms with Gasteiger partial charge in [0.2, 0.25) is 21.8 Å². The molecule has 3 aromatic carbocycles. The molecule has 45 heavy (non-hydrogen) atoms. The first kappa shape index (κ1) is 33.6. The zero-order chi connectivity index (χ0) is 32.2. The van der Waals surface area contributed by atoms with Crippen LogP contribution in [0.5, 0.6) is 17.2 Å². The van der Waals surface area contributed by atoms with Crippen molar-refractivity contribution >= 4 is 27.5 Å². The Kier molecular flexibility index (Phi) is 12.1. The number of unbranched alkanes of at least 4 members (excludes halogenated alkanes) is 1. The molecule has 0 saturated heterocycles. The number of nitrogens with one attached hydrogen (secondary N) is 1. The minimum absolute atomic E-state index is 0.0358. The van der Waals surface area contributed by atoms with Gasteiger partial charge in [0.05, 0.1) is 19.1 Å². The molecule has 10 nitrogen and oxygen atoms in total. The Morgan fingerprint density at radius 1 is 0.933 bits per heavy atom. The van der Waals surface area contributed by atoms with Crippen LogP contribution in [0.25, 0.3) is 0 Å². The van der Waals surface area contributed by atoms with Gasteiger partial charge < -0.3 is 24.4 Å². The highest BCUT2D eigenvalue weighted by Crippen LogP contribution is 2.35. The molecule has 1 unspecified atom stereocenters. The third-order valence-corrected chi connectivity index (χ3v) is 8.75. The van der Waals surface area contributed by atoms with Crippen LogP contribution in [0.3, 0.4) is 0 Å². The van der Waals surface area contributed by atoms with Crippen molar-refractivity contribution in [3.63, 3.8) is 0 Å². The van der Waals surface area contributed by atoms with Gasteiger partial charge in [-0.1, -0.05) is 55.8 Å². The van der Waals surface area contributed by atoms with Gasteiger partial charge in [0.25, 0.3) is 0 Å². The fraction of sp³-hybridized carbons (Fsp3) is 0.412. The summed E-state index contributed by atoms with van der Waals surface area (Å²) >= 11 is 0. The Labute approximate surface area is 266 Å². The Bertz CT molecular complexity index is 1530. The van der Waals surface area contributed by atoms with E-state index in [2.05, 4.69) is 12.2 Å². The van der Waals surface area contributed by atoms with Crippen LogP contribution in [0, 0.1) is 0 Å². The molecular weight excluding hydrogens is 594 g/mol. The van der Waals surface area contributed by atoms with Gasteiger partial charge in [-0.2, -0.15) is 0 Å². The summed E-state index contributed by atoms with van der Waals surface area (Å²) in [5.41, 5.74) is 2.18. The lowest BCUT2D eigenvalue weighted by Gasteiger charge is -2.32. The summed E-state index contributed by atoms with van der Waals surface area (Å²) in [5, 5.41) is 3.02. The van der Waals surface area contributed by atoms with E-state index in [9.17, 15) is 18.0 Å². The van der Waals surface area contributed by atoms with Gasteiger partial charge in [0.1, 0.15) is 25.0 Å². The van der Waals surface area contributed by atoms with Gasteiger partial charge in [-0.15, -0.1) is 0 Å². The predicted molar refractivity (Wildman–Crippen MR) is 174 cm³/mol. The number of hydrogen-bond acceptors (Lipinski definition) is 7. The summed E-state index contributed by atoms with van der Waals surface area (Å²) in [4.78, 5) is 29.3. The van der Waals surface area contributed by atoms with Crippen LogP contribution in [0.4, 0.5) is 5.69 Å². The fourth-order valence-electron chi connectivity index (χ4n) is 5.22. The van der Waals surface area contributed by atoms with Crippen LogP contribution in [-0.2, 0) is 32.6 Å². The third kappa shape index (κ3) is 9.62. The summed E-state index contributed by atoms with van der Waals surface area (Å²) in [6, 6.07) is 21.3. The van der Waals surface area contributed by atoms with Gasteiger partial charge >= 0.3 is 0 Å². The van der Waals surface area contributed by atoms with Crippen LogP contribution in [-0.4, -0.2) is 70.8 Å². The molecule has 3 aromatic rings. The first-order valence-corrected chi connectivity index (χ1v) is 17.2. The first-order chi connectivity index (χ1) is 21.7. The zero-order valence-corrected chi connectivity index (χ0v) is 27.1. The van der Waals surface area contributed by atoms with Gasteiger partial charge in [-0.3, -0.25) is 13.9 Å². The number of rotatable bonds is 16. The molecular formula is C34H43N3O7S. The normalized spacial score (nSPS) is 13.0. The maximum Gasteiger partial charge on any atom is 0.243 e. The van der Waals surface area contributed by atoms with Gasteiger partial charge in [0, 0.05) is 38.5 Å².